The zero-order chi connectivity index (χ0) is 14.9. The van der Waals surface area contributed by atoms with Crippen LogP contribution in [0.1, 0.15) is 42.0 Å². The summed E-state index contributed by atoms with van der Waals surface area (Å²) in [5.74, 6) is 0. The van der Waals surface area contributed by atoms with Gasteiger partial charge in [-0.3, -0.25) is 0 Å². The Hall–Kier alpha value is -1.31. The van der Waals surface area contributed by atoms with Gasteiger partial charge in [0.05, 0.1) is 0 Å². The highest BCUT2D eigenvalue weighted by molar-refractivity contribution is 6.31. The van der Waals surface area contributed by atoms with Gasteiger partial charge in [-0.25, -0.2) is 0 Å². The van der Waals surface area contributed by atoms with Crippen molar-refractivity contribution in [2.75, 3.05) is 7.05 Å². The van der Waals surface area contributed by atoms with Gasteiger partial charge in [0, 0.05) is 16.5 Å². The zero-order valence-corrected chi connectivity index (χ0v) is 13.5. The molecule has 110 valence electrons. The first-order valence-electron chi connectivity index (χ1n) is 7.66. The smallest absolute Gasteiger partial charge is 0.0438 e. The van der Waals surface area contributed by atoms with E-state index in [1.54, 1.807) is 0 Å². The lowest BCUT2D eigenvalue weighted by atomic mass is 9.59. The molecular weight excluding hydrogens is 278 g/mol. The predicted molar refractivity (Wildman–Crippen MR) is 90.0 cm³/mol. The molecule has 1 unspecified atom stereocenters. The van der Waals surface area contributed by atoms with Crippen LogP contribution in [0.2, 0.25) is 5.02 Å². The first kappa shape index (κ1) is 14.6. The molecule has 1 saturated carbocycles. The van der Waals surface area contributed by atoms with Crippen LogP contribution in [0, 0.1) is 6.92 Å². The topological polar surface area (TPSA) is 12.0 Å². The van der Waals surface area contributed by atoms with Gasteiger partial charge in [0.15, 0.2) is 0 Å². The molecule has 1 aliphatic rings. The Morgan fingerprint density at radius 3 is 2.33 bits per heavy atom. The lowest BCUT2D eigenvalue weighted by Gasteiger charge is -2.48. The van der Waals surface area contributed by atoms with E-state index in [9.17, 15) is 0 Å². The van der Waals surface area contributed by atoms with Gasteiger partial charge < -0.3 is 5.32 Å². The van der Waals surface area contributed by atoms with Crippen LogP contribution >= 0.6 is 11.6 Å². The summed E-state index contributed by atoms with van der Waals surface area (Å²) in [5.41, 5.74) is 4.07. The molecule has 1 atom stereocenters. The standard InChI is InChI=1S/C19H22ClN/c1-14-9-10-15(13-17(14)20)18(21-2)19(11-6-12-19)16-7-4-3-5-8-16/h3-5,7-10,13,18,21H,6,11-12H2,1-2H3. The molecule has 1 nitrogen and oxygen atoms in total. The molecule has 1 aliphatic carbocycles. The fraction of sp³-hybridized carbons (Fsp3) is 0.368. The van der Waals surface area contributed by atoms with E-state index in [0.29, 0.717) is 6.04 Å². The number of hydrogen-bond donors (Lipinski definition) is 1. The molecule has 1 fully saturated rings. The van der Waals surface area contributed by atoms with Crippen LogP contribution in [0.4, 0.5) is 0 Å². The minimum absolute atomic E-state index is 0.203. The molecule has 0 bridgehead atoms. The molecule has 0 heterocycles. The Kier molecular flexibility index (Phi) is 4.05. The Morgan fingerprint density at radius 2 is 1.81 bits per heavy atom. The molecule has 0 aromatic heterocycles. The lowest BCUT2D eigenvalue weighted by Crippen LogP contribution is -2.45. The van der Waals surface area contributed by atoms with E-state index in [0.717, 1.165) is 10.6 Å². The van der Waals surface area contributed by atoms with Gasteiger partial charge in [0.25, 0.3) is 0 Å². The van der Waals surface area contributed by atoms with Crippen LogP contribution < -0.4 is 5.32 Å². The molecule has 21 heavy (non-hydrogen) atoms. The molecule has 0 spiro atoms. The molecular formula is C19H22ClN. The number of rotatable bonds is 4. The van der Waals surface area contributed by atoms with Gasteiger partial charge in [0.1, 0.15) is 0 Å². The van der Waals surface area contributed by atoms with Crippen molar-refractivity contribution >= 4 is 11.6 Å². The van der Waals surface area contributed by atoms with Crippen LogP contribution in [-0.4, -0.2) is 7.05 Å². The molecule has 1 N–H and O–H groups in total. The maximum Gasteiger partial charge on any atom is 0.0438 e. The van der Waals surface area contributed by atoms with Crippen molar-refractivity contribution in [2.24, 2.45) is 0 Å². The normalized spacial score (nSPS) is 18.0. The Morgan fingerprint density at radius 1 is 1.10 bits per heavy atom. The summed E-state index contributed by atoms with van der Waals surface area (Å²) in [6.45, 7) is 2.05. The average molecular weight is 300 g/mol. The first-order valence-corrected chi connectivity index (χ1v) is 8.04. The molecule has 0 amide bonds. The maximum atomic E-state index is 6.34. The van der Waals surface area contributed by atoms with Crippen LogP contribution in [0.3, 0.4) is 0 Å². The highest BCUT2D eigenvalue weighted by atomic mass is 35.5. The van der Waals surface area contributed by atoms with E-state index in [1.807, 2.05) is 0 Å². The van der Waals surface area contributed by atoms with Crippen LogP contribution in [0.15, 0.2) is 48.5 Å². The molecule has 0 radical (unpaired) electrons. The third-order valence-corrected chi connectivity index (χ3v) is 5.37. The Bertz CT molecular complexity index is 617. The number of aryl methyl sites for hydroxylation is 1. The summed E-state index contributed by atoms with van der Waals surface area (Å²) < 4.78 is 0. The second-order valence-corrected chi connectivity index (χ2v) is 6.51. The predicted octanol–water partition coefficient (Wildman–Crippen LogP) is 5.03. The van der Waals surface area contributed by atoms with Crippen molar-refractivity contribution in [3.63, 3.8) is 0 Å². The fourth-order valence-electron chi connectivity index (χ4n) is 3.62. The summed E-state index contributed by atoms with van der Waals surface area (Å²) in [6.07, 6.45) is 3.76. The summed E-state index contributed by atoms with van der Waals surface area (Å²) in [6, 6.07) is 17.7. The van der Waals surface area contributed by atoms with Crippen LogP contribution in [0.5, 0.6) is 0 Å². The molecule has 0 saturated heterocycles. The summed E-state index contributed by atoms with van der Waals surface area (Å²) in [5, 5.41) is 4.40. The van der Waals surface area contributed by atoms with Crippen LogP contribution in [-0.2, 0) is 5.41 Å². The average Bonchev–Trinajstić information content (AvgIpc) is 2.47. The van der Waals surface area contributed by atoms with Crippen molar-refractivity contribution < 1.29 is 0 Å². The van der Waals surface area contributed by atoms with E-state index >= 15 is 0 Å². The van der Waals surface area contributed by atoms with E-state index < -0.39 is 0 Å². The van der Waals surface area contributed by atoms with E-state index in [2.05, 4.69) is 67.8 Å². The molecule has 3 rings (SSSR count). The van der Waals surface area contributed by atoms with Gasteiger partial charge in [-0.1, -0.05) is 60.5 Å². The second-order valence-electron chi connectivity index (χ2n) is 6.11. The largest absolute Gasteiger partial charge is 0.312 e. The third-order valence-electron chi connectivity index (χ3n) is 4.96. The van der Waals surface area contributed by atoms with Crippen LogP contribution in [0.25, 0.3) is 0 Å². The molecule has 2 heteroatoms. The van der Waals surface area contributed by atoms with Gasteiger partial charge >= 0.3 is 0 Å². The number of halogens is 1. The molecule has 2 aromatic carbocycles. The number of likely N-dealkylation sites (N-methyl/N-ethyl adjacent to an activating group) is 1. The second kappa shape index (κ2) is 5.82. The first-order chi connectivity index (χ1) is 10.2. The fourth-order valence-corrected chi connectivity index (χ4v) is 3.81. The number of nitrogens with one attached hydrogen (secondary N) is 1. The summed E-state index contributed by atoms with van der Waals surface area (Å²) in [4.78, 5) is 0. The van der Waals surface area contributed by atoms with Gasteiger partial charge in [-0.2, -0.15) is 0 Å². The van der Waals surface area contributed by atoms with Gasteiger partial charge in [0.2, 0.25) is 0 Å². The zero-order valence-electron chi connectivity index (χ0n) is 12.7. The Labute approximate surface area is 132 Å². The maximum absolute atomic E-state index is 6.34. The highest BCUT2D eigenvalue weighted by Crippen LogP contribution is 2.52. The van der Waals surface area contributed by atoms with Crippen molar-refractivity contribution in [3.8, 4) is 0 Å². The quantitative estimate of drug-likeness (QED) is 0.835. The molecule has 0 aliphatic heterocycles. The summed E-state index contributed by atoms with van der Waals surface area (Å²) in [7, 11) is 2.06. The highest BCUT2D eigenvalue weighted by Gasteiger charge is 2.45. The van der Waals surface area contributed by atoms with Crippen molar-refractivity contribution in [1.29, 1.82) is 0 Å². The van der Waals surface area contributed by atoms with E-state index in [-0.39, 0.29) is 5.41 Å². The SMILES string of the molecule is CNC(c1ccc(C)c(Cl)c1)C1(c2ccccc2)CCC1. The van der Waals surface area contributed by atoms with E-state index in [4.69, 9.17) is 11.6 Å². The number of hydrogen-bond acceptors (Lipinski definition) is 1. The molecule has 2 aromatic rings. The Balaban J connectivity index is 2.03. The van der Waals surface area contributed by atoms with Gasteiger partial charge in [-0.05, 0) is 49.6 Å². The monoisotopic (exact) mass is 299 g/mol. The minimum Gasteiger partial charge on any atom is -0.312 e. The van der Waals surface area contributed by atoms with Gasteiger partial charge in [-0.15, -0.1) is 0 Å². The third kappa shape index (κ3) is 2.49. The van der Waals surface area contributed by atoms with Crippen molar-refractivity contribution in [2.45, 2.75) is 37.6 Å². The van der Waals surface area contributed by atoms with E-state index in [1.165, 1.54) is 30.4 Å². The van der Waals surface area contributed by atoms with Crippen molar-refractivity contribution in [1.82, 2.24) is 5.32 Å². The lowest BCUT2D eigenvalue weighted by molar-refractivity contribution is 0.176. The summed E-state index contributed by atoms with van der Waals surface area (Å²) >= 11 is 6.34. The van der Waals surface area contributed by atoms with Crippen molar-refractivity contribution in [3.05, 3.63) is 70.2 Å². The number of benzene rings is 2. The minimum atomic E-state index is 0.203.